The van der Waals surface area contributed by atoms with Crippen molar-refractivity contribution in [2.45, 2.75) is 58.5 Å². The van der Waals surface area contributed by atoms with Crippen LogP contribution in [-0.4, -0.2) is 60.6 Å². The average Bonchev–Trinajstić information content (AvgIpc) is 3.22. The number of urea groups is 1. The van der Waals surface area contributed by atoms with Gasteiger partial charge in [0.1, 0.15) is 0 Å². The first kappa shape index (κ1) is 20.2. The van der Waals surface area contributed by atoms with E-state index >= 15 is 0 Å². The number of nitrogens with zero attached hydrogens (tertiary/aromatic N) is 2. The fraction of sp³-hybridized carbons (Fsp3) is 0.652. The Labute approximate surface area is 173 Å². The molecule has 3 aliphatic rings. The van der Waals surface area contributed by atoms with Crippen LogP contribution in [0.15, 0.2) is 18.2 Å². The Kier molecular flexibility index (Phi) is 5.81. The summed E-state index contributed by atoms with van der Waals surface area (Å²) in [7, 11) is 0. The van der Waals surface area contributed by atoms with Gasteiger partial charge in [0.25, 0.3) is 0 Å². The van der Waals surface area contributed by atoms with E-state index in [1.54, 1.807) is 0 Å². The van der Waals surface area contributed by atoms with Crippen LogP contribution < -0.4 is 5.32 Å². The molecule has 0 radical (unpaired) electrons. The second-order valence-electron chi connectivity index (χ2n) is 9.07. The van der Waals surface area contributed by atoms with Gasteiger partial charge < -0.3 is 19.9 Å². The van der Waals surface area contributed by atoms with Gasteiger partial charge in [0.15, 0.2) is 0 Å². The van der Waals surface area contributed by atoms with E-state index < -0.39 is 0 Å². The third-order valence-corrected chi connectivity index (χ3v) is 7.15. The molecule has 0 bridgehead atoms. The number of hydrogen-bond donors (Lipinski definition) is 1. The molecule has 1 N–H and O–H groups in total. The normalized spacial score (nSPS) is 24.2. The number of carbonyl (C=O) groups excluding carboxylic acids is 2. The van der Waals surface area contributed by atoms with Gasteiger partial charge in [0.05, 0.1) is 6.10 Å². The summed E-state index contributed by atoms with van der Waals surface area (Å²) in [5, 5.41) is 3.08. The molecule has 3 saturated heterocycles. The highest BCUT2D eigenvalue weighted by Crippen LogP contribution is 2.40. The Morgan fingerprint density at radius 1 is 1.24 bits per heavy atom. The highest BCUT2D eigenvalue weighted by molar-refractivity contribution is 5.90. The second kappa shape index (κ2) is 8.34. The fourth-order valence-electron chi connectivity index (χ4n) is 4.98. The van der Waals surface area contributed by atoms with Gasteiger partial charge in [-0.15, -0.1) is 0 Å². The summed E-state index contributed by atoms with van der Waals surface area (Å²) in [6, 6.07) is 5.98. The number of ether oxygens (including phenoxy) is 1. The Morgan fingerprint density at radius 2 is 2.03 bits per heavy atom. The maximum Gasteiger partial charge on any atom is 0.321 e. The monoisotopic (exact) mass is 399 g/mol. The molecule has 158 valence electrons. The predicted octanol–water partition coefficient (Wildman–Crippen LogP) is 3.72. The molecule has 0 aliphatic carbocycles. The molecule has 3 aliphatic heterocycles. The molecule has 0 saturated carbocycles. The van der Waals surface area contributed by atoms with Crippen LogP contribution in [-0.2, 0) is 9.53 Å². The van der Waals surface area contributed by atoms with Gasteiger partial charge in [-0.1, -0.05) is 12.1 Å². The lowest BCUT2D eigenvalue weighted by molar-refractivity contribution is -0.140. The van der Waals surface area contributed by atoms with Crippen LogP contribution in [0.1, 0.15) is 49.7 Å². The van der Waals surface area contributed by atoms with E-state index in [0.29, 0.717) is 6.42 Å². The average molecular weight is 400 g/mol. The molecule has 0 aromatic heterocycles. The minimum atomic E-state index is -0.0170. The highest BCUT2D eigenvalue weighted by atomic mass is 16.5. The number of rotatable bonds is 3. The van der Waals surface area contributed by atoms with Crippen molar-refractivity contribution in [1.29, 1.82) is 0 Å². The van der Waals surface area contributed by atoms with Crippen molar-refractivity contribution >= 4 is 17.6 Å². The SMILES string of the molecule is Cc1cccc(NC(=O)N2CCC3(CCC(=O)N(C[C@H]4CCCO4)C3)CC2)c1C. The van der Waals surface area contributed by atoms with Crippen LogP contribution in [0.25, 0.3) is 0 Å². The number of benzene rings is 1. The maximum atomic E-state index is 12.8. The van der Waals surface area contributed by atoms with Crippen LogP contribution in [0.2, 0.25) is 0 Å². The van der Waals surface area contributed by atoms with Crippen LogP contribution in [0.4, 0.5) is 10.5 Å². The Balaban J connectivity index is 1.33. The molecule has 6 heteroatoms. The molecular formula is C23H33N3O3. The molecule has 1 spiro atoms. The van der Waals surface area contributed by atoms with Gasteiger partial charge in [-0.05, 0) is 68.6 Å². The zero-order valence-corrected chi connectivity index (χ0v) is 17.7. The van der Waals surface area contributed by atoms with Crippen LogP contribution in [0.3, 0.4) is 0 Å². The number of aryl methyl sites for hydroxylation is 1. The summed E-state index contributed by atoms with van der Waals surface area (Å²) >= 11 is 0. The standard InChI is InChI=1S/C23H33N3O3/c1-17-5-3-7-20(18(17)2)24-22(28)25-12-10-23(11-13-25)9-8-21(27)26(16-23)15-19-6-4-14-29-19/h3,5,7,19H,4,6,8-16H2,1-2H3,(H,24,28)/t19-/m1/s1. The topological polar surface area (TPSA) is 61.9 Å². The zero-order chi connectivity index (χ0) is 20.4. The molecule has 3 amide bonds. The number of likely N-dealkylation sites (tertiary alicyclic amines) is 2. The van der Waals surface area contributed by atoms with E-state index in [0.717, 1.165) is 76.1 Å². The Hall–Kier alpha value is -2.08. The summed E-state index contributed by atoms with van der Waals surface area (Å²) in [6.45, 7) is 7.97. The largest absolute Gasteiger partial charge is 0.376 e. The van der Waals surface area contributed by atoms with E-state index in [9.17, 15) is 9.59 Å². The predicted molar refractivity (Wildman–Crippen MR) is 113 cm³/mol. The van der Waals surface area contributed by atoms with Crippen molar-refractivity contribution in [3.8, 4) is 0 Å². The van der Waals surface area contributed by atoms with Crippen molar-refractivity contribution < 1.29 is 14.3 Å². The minimum Gasteiger partial charge on any atom is -0.376 e. The third-order valence-electron chi connectivity index (χ3n) is 7.15. The second-order valence-corrected chi connectivity index (χ2v) is 9.07. The molecule has 1 aromatic rings. The van der Waals surface area contributed by atoms with Crippen LogP contribution in [0.5, 0.6) is 0 Å². The molecule has 3 heterocycles. The third kappa shape index (κ3) is 4.42. The zero-order valence-electron chi connectivity index (χ0n) is 17.7. The Morgan fingerprint density at radius 3 is 2.76 bits per heavy atom. The van der Waals surface area contributed by atoms with Crippen molar-refractivity contribution in [1.82, 2.24) is 9.80 Å². The van der Waals surface area contributed by atoms with Gasteiger partial charge in [0, 0.05) is 44.9 Å². The fourth-order valence-corrected chi connectivity index (χ4v) is 4.98. The first-order chi connectivity index (χ1) is 14.0. The number of anilines is 1. The van der Waals surface area contributed by atoms with Crippen molar-refractivity contribution in [2.24, 2.45) is 5.41 Å². The molecule has 1 atom stereocenters. The number of hydrogen-bond acceptors (Lipinski definition) is 3. The molecule has 1 aromatic carbocycles. The molecule has 6 nitrogen and oxygen atoms in total. The highest BCUT2D eigenvalue weighted by Gasteiger charge is 2.42. The first-order valence-electron chi connectivity index (χ1n) is 11.0. The van der Waals surface area contributed by atoms with Crippen molar-refractivity contribution in [3.63, 3.8) is 0 Å². The van der Waals surface area contributed by atoms with E-state index in [1.165, 1.54) is 5.56 Å². The summed E-state index contributed by atoms with van der Waals surface area (Å²) in [5.74, 6) is 0.265. The smallest absolute Gasteiger partial charge is 0.321 e. The molecule has 0 unspecified atom stereocenters. The van der Waals surface area contributed by atoms with Gasteiger partial charge in [-0.25, -0.2) is 4.79 Å². The molecule has 29 heavy (non-hydrogen) atoms. The lowest BCUT2D eigenvalue weighted by Crippen LogP contribution is -2.54. The van der Waals surface area contributed by atoms with Gasteiger partial charge in [-0.3, -0.25) is 4.79 Å². The minimum absolute atomic E-state index is 0.0170. The summed E-state index contributed by atoms with van der Waals surface area (Å²) in [4.78, 5) is 29.2. The Bertz CT molecular complexity index is 765. The number of amides is 3. The van der Waals surface area contributed by atoms with Gasteiger partial charge in [0.2, 0.25) is 5.91 Å². The van der Waals surface area contributed by atoms with Gasteiger partial charge in [-0.2, -0.15) is 0 Å². The summed E-state index contributed by atoms with van der Waals surface area (Å²) < 4.78 is 5.75. The van der Waals surface area contributed by atoms with E-state index in [2.05, 4.69) is 18.3 Å². The number of nitrogens with one attached hydrogen (secondary N) is 1. The van der Waals surface area contributed by atoms with Crippen LogP contribution >= 0.6 is 0 Å². The van der Waals surface area contributed by atoms with Crippen molar-refractivity contribution in [3.05, 3.63) is 29.3 Å². The van der Waals surface area contributed by atoms with E-state index in [-0.39, 0.29) is 23.5 Å². The summed E-state index contributed by atoms with van der Waals surface area (Å²) in [5.41, 5.74) is 3.34. The first-order valence-corrected chi connectivity index (χ1v) is 11.0. The van der Waals surface area contributed by atoms with Crippen molar-refractivity contribution in [2.75, 3.05) is 38.1 Å². The number of carbonyl (C=O) groups is 2. The van der Waals surface area contributed by atoms with E-state index in [1.807, 2.05) is 28.9 Å². The maximum absolute atomic E-state index is 12.8. The summed E-state index contributed by atoms with van der Waals surface area (Å²) in [6.07, 6.45) is 5.86. The molecular weight excluding hydrogens is 366 g/mol. The number of piperidine rings is 2. The lowest BCUT2D eigenvalue weighted by atomic mass is 9.72. The van der Waals surface area contributed by atoms with E-state index in [4.69, 9.17) is 4.74 Å². The van der Waals surface area contributed by atoms with Gasteiger partial charge >= 0.3 is 6.03 Å². The molecule has 4 rings (SSSR count). The lowest BCUT2D eigenvalue weighted by Gasteiger charge is -2.47. The van der Waals surface area contributed by atoms with Crippen LogP contribution in [0, 0.1) is 19.3 Å². The molecule has 3 fully saturated rings. The quantitative estimate of drug-likeness (QED) is 0.843.